The fourth-order valence-corrected chi connectivity index (χ4v) is 3.89. The number of piperidine rings is 1. The van der Waals surface area contributed by atoms with Gasteiger partial charge in [0.15, 0.2) is 17.3 Å². The molecule has 1 aromatic heterocycles. The average molecular weight is 411 g/mol. The second kappa shape index (κ2) is 8.34. The molecule has 2 aromatic rings. The lowest BCUT2D eigenvalue weighted by Gasteiger charge is -2.31. The first-order valence-electron chi connectivity index (χ1n) is 10.2. The number of likely N-dealkylation sites (tertiary alicyclic amines) is 1. The van der Waals surface area contributed by atoms with E-state index in [1.165, 1.54) is 6.07 Å². The number of aromatic nitrogens is 2. The highest BCUT2D eigenvalue weighted by Crippen LogP contribution is 2.38. The van der Waals surface area contributed by atoms with Gasteiger partial charge in [0.25, 0.3) is 0 Å². The highest BCUT2D eigenvalue weighted by atomic mass is 19.2. The molecule has 1 saturated heterocycles. The molecule has 3 heterocycles. The van der Waals surface area contributed by atoms with Gasteiger partial charge in [-0.15, -0.1) is 12.3 Å². The van der Waals surface area contributed by atoms with E-state index in [4.69, 9.17) is 6.42 Å². The van der Waals surface area contributed by atoms with Crippen LogP contribution in [0.4, 0.5) is 8.78 Å². The molecule has 1 amide bonds. The monoisotopic (exact) mass is 411 g/mol. The number of nitrogens with one attached hydrogen (secondary N) is 1. The van der Waals surface area contributed by atoms with Gasteiger partial charge in [0.1, 0.15) is 5.82 Å². The number of hydrogen-bond donors (Lipinski definition) is 1. The minimum atomic E-state index is -0.886. The van der Waals surface area contributed by atoms with Gasteiger partial charge < -0.3 is 9.88 Å². The van der Waals surface area contributed by atoms with Gasteiger partial charge in [0, 0.05) is 50.3 Å². The predicted octanol–water partition coefficient (Wildman–Crippen LogP) is 4.42. The molecular weight excluding hydrogens is 388 g/mol. The predicted molar refractivity (Wildman–Crippen MR) is 107 cm³/mol. The Morgan fingerprint density at radius 2 is 2.00 bits per heavy atom. The standard InChI is InChI=1S/C22H23F2N5O/c1-2-3-9-22(27-28-22)10-6-20(30)29-11-7-15(8-12-29)21-25-14-19(26-21)16-4-5-17(23)18(24)13-16/h1,4-5,13-15H,3,6-12H2,(H,25,26). The molecule has 1 aromatic carbocycles. The zero-order valence-electron chi connectivity index (χ0n) is 16.6. The third-order valence-corrected chi connectivity index (χ3v) is 5.85. The minimum absolute atomic E-state index is 0.118. The molecule has 0 radical (unpaired) electrons. The number of H-pyrrole nitrogens is 1. The Hall–Kier alpha value is -3.08. The summed E-state index contributed by atoms with van der Waals surface area (Å²) in [7, 11) is 0. The van der Waals surface area contributed by atoms with Crippen molar-refractivity contribution in [3.05, 3.63) is 41.9 Å². The van der Waals surface area contributed by atoms with Gasteiger partial charge >= 0.3 is 0 Å². The van der Waals surface area contributed by atoms with Crippen molar-refractivity contribution in [1.29, 1.82) is 0 Å². The van der Waals surface area contributed by atoms with Crippen LogP contribution in [0.15, 0.2) is 34.6 Å². The van der Waals surface area contributed by atoms with Crippen molar-refractivity contribution in [3.63, 3.8) is 0 Å². The number of terminal acetylenes is 1. The molecule has 0 atom stereocenters. The lowest BCUT2D eigenvalue weighted by molar-refractivity contribution is -0.132. The molecular formula is C22H23F2N5O. The second-order valence-electron chi connectivity index (χ2n) is 7.85. The van der Waals surface area contributed by atoms with Gasteiger partial charge in [-0.1, -0.05) is 0 Å². The van der Waals surface area contributed by atoms with Crippen LogP contribution in [0, 0.1) is 24.0 Å². The number of nitrogens with zero attached hydrogens (tertiary/aromatic N) is 4. The molecule has 30 heavy (non-hydrogen) atoms. The molecule has 1 N–H and O–H groups in total. The van der Waals surface area contributed by atoms with Crippen LogP contribution in [0.2, 0.25) is 0 Å². The summed E-state index contributed by atoms with van der Waals surface area (Å²) in [6.45, 7) is 1.33. The van der Waals surface area contributed by atoms with Crippen molar-refractivity contribution in [2.45, 2.75) is 50.1 Å². The summed E-state index contributed by atoms with van der Waals surface area (Å²) in [5, 5.41) is 8.16. The van der Waals surface area contributed by atoms with Gasteiger partial charge in [-0.3, -0.25) is 4.79 Å². The highest BCUT2D eigenvalue weighted by Gasteiger charge is 2.39. The van der Waals surface area contributed by atoms with Crippen LogP contribution in [-0.2, 0) is 4.79 Å². The zero-order valence-corrected chi connectivity index (χ0v) is 16.6. The fraction of sp³-hybridized carbons (Fsp3) is 0.455. The number of imidazole rings is 1. The molecule has 6 nitrogen and oxygen atoms in total. The summed E-state index contributed by atoms with van der Waals surface area (Å²) in [6, 6.07) is 3.78. The van der Waals surface area contributed by atoms with Gasteiger partial charge in [-0.25, -0.2) is 13.8 Å². The number of carbonyl (C=O) groups excluding carboxylic acids is 1. The lowest BCUT2D eigenvalue weighted by Crippen LogP contribution is -2.38. The van der Waals surface area contributed by atoms with Gasteiger partial charge in [-0.05, 0) is 31.0 Å². The molecule has 0 spiro atoms. The van der Waals surface area contributed by atoms with Crippen LogP contribution in [0.1, 0.15) is 50.3 Å². The fourth-order valence-electron chi connectivity index (χ4n) is 3.89. The number of rotatable bonds is 7. The van der Waals surface area contributed by atoms with E-state index in [-0.39, 0.29) is 11.8 Å². The van der Waals surface area contributed by atoms with E-state index >= 15 is 0 Å². The van der Waals surface area contributed by atoms with Gasteiger partial charge in [-0.2, -0.15) is 10.2 Å². The summed E-state index contributed by atoms with van der Waals surface area (Å²) in [6.07, 6.45) is 10.9. The van der Waals surface area contributed by atoms with Crippen molar-refractivity contribution in [2.24, 2.45) is 10.2 Å². The minimum Gasteiger partial charge on any atom is -0.343 e. The van der Waals surface area contributed by atoms with Crippen LogP contribution in [0.5, 0.6) is 0 Å². The van der Waals surface area contributed by atoms with Crippen LogP contribution in [0.25, 0.3) is 11.3 Å². The Bertz CT molecular complexity index is 995. The third kappa shape index (κ3) is 4.40. The third-order valence-electron chi connectivity index (χ3n) is 5.85. The number of halogens is 2. The van der Waals surface area contributed by atoms with Crippen molar-refractivity contribution < 1.29 is 13.6 Å². The molecule has 0 saturated carbocycles. The van der Waals surface area contributed by atoms with Crippen LogP contribution in [0.3, 0.4) is 0 Å². The lowest BCUT2D eigenvalue weighted by atomic mass is 9.95. The normalized spacial score (nSPS) is 17.7. The average Bonchev–Trinajstić information content (AvgIpc) is 3.37. The van der Waals surface area contributed by atoms with Crippen LogP contribution >= 0.6 is 0 Å². The first-order chi connectivity index (χ1) is 14.5. The number of carbonyl (C=O) groups is 1. The maximum Gasteiger partial charge on any atom is 0.222 e. The van der Waals surface area contributed by atoms with Crippen molar-refractivity contribution in [3.8, 4) is 23.6 Å². The highest BCUT2D eigenvalue weighted by molar-refractivity contribution is 5.76. The van der Waals surface area contributed by atoms with E-state index in [1.807, 2.05) is 4.90 Å². The molecule has 1 fully saturated rings. The van der Waals surface area contributed by atoms with Gasteiger partial charge in [0.05, 0.1) is 11.9 Å². The molecule has 0 bridgehead atoms. The number of hydrogen-bond acceptors (Lipinski definition) is 4. The topological polar surface area (TPSA) is 73.7 Å². The zero-order chi connectivity index (χ0) is 21.1. The summed E-state index contributed by atoms with van der Waals surface area (Å²) in [5.74, 6) is 1.96. The summed E-state index contributed by atoms with van der Waals surface area (Å²) in [4.78, 5) is 22.1. The molecule has 8 heteroatoms. The smallest absolute Gasteiger partial charge is 0.222 e. The first-order valence-corrected chi connectivity index (χ1v) is 10.2. The van der Waals surface area contributed by atoms with E-state index in [1.54, 1.807) is 6.20 Å². The number of aromatic amines is 1. The molecule has 156 valence electrons. The first kappa shape index (κ1) is 20.2. The van der Waals surface area contributed by atoms with E-state index in [9.17, 15) is 13.6 Å². The Morgan fingerprint density at radius 3 is 2.67 bits per heavy atom. The van der Waals surface area contributed by atoms with E-state index < -0.39 is 17.3 Å². The number of amides is 1. The molecule has 0 aliphatic carbocycles. The van der Waals surface area contributed by atoms with Crippen LogP contribution in [-0.4, -0.2) is 39.5 Å². The Morgan fingerprint density at radius 1 is 1.23 bits per heavy atom. The Kier molecular flexibility index (Phi) is 5.62. The Labute approximate surface area is 173 Å². The maximum absolute atomic E-state index is 13.5. The van der Waals surface area contributed by atoms with Crippen molar-refractivity contribution in [1.82, 2.24) is 14.9 Å². The quantitative estimate of drug-likeness (QED) is 0.685. The largest absolute Gasteiger partial charge is 0.343 e. The van der Waals surface area contributed by atoms with E-state index in [0.717, 1.165) is 30.8 Å². The van der Waals surface area contributed by atoms with Gasteiger partial charge in [0.2, 0.25) is 5.91 Å². The van der Waals surface area contributed by atoms with E-state index in [0.29, 0.717) is 50.0 Å². The van der Waals surface area contributed by atoms with Crippen molar-refractivity contribution >= 4 is 5.91 Å². The maximum atomic E-state index is 13.5. The molecule has 2 aliphatic heterocycles. The second-order valence-corrected chi connectivity index (χ2v) is 7.85. The summed E-state index contributed by atoms with van der Waals surface area (Å²) in [5.41, 5.74) is 0.775. The van der Waals surface area contributed by atoms with E-state index in [2.05, 4.69) is 26.1 Å². The summed E-state index contributed by atoms with van der Waals surface area (Å²) < 4.78 is 26.6. The van der Waals surface area contributed by atoms with Crippen molar-refractivity contribution in [2.75, 3.05) is 13.1 Å². The summed E-state index contributed by atoms with van der Waals surface area (Å²) >= 11 is 0. The molecule has 0 unspecified atom stereocenters. The SMILES string of the molecule is C#CCCC1(CCC(=O)N2CCC(c3ncc(-c4ccc(F)c(F)c4)[nH]3)CC2)N=N1. The number of benzene rings is 1. The molecule has 2 aliphatic rings. The van der Waals surface area contributed by atoms with Crippen LogP contribution < -0.4 is 0 Å². The molecule has 4 rings (SSSR count). The Balaban J connectivity index is 1.28.